The van der Waals surface area contributed by atoms with Gasteiger partial charge >= 0.3 is 5.97 Å². The first-order valence-electron chi connectivity index (χ1n) is 8.62. The molecule has 21 heavy (non-hydrogen) atoms. The largest absolute Gasteiger partial charge is 0.466 e. The summed E-state index contributed by atoms with van der Waals surface area (Å²) < 4.78 is 10.9. The number of ether oxygens (including phenoxy) is 2. The first-order chi connectivity index (χ1) is 10.3. The maximum atomic E-state index is 12.1. The third-order valence-electron chi connectivity index (χ3n) is 5.35. The number of methoxy groups -OCH3 is 1. The summed E-state index contributed by atoms with van der Waals surface area (Å²) in [6, 6.07) is -0.00493. The Morgan fingerprint density at radius 2 is 1.67 bits per heavy atom. The highest BCUT2D eigenvalue weighted by Gasteiger charge is 2.43. The van der Waals surface area contributed by atoms with Crippen LogP contribution in [0.15, 0.2) is 4.99 Å². The number of nitrogens with zero attached hydrogens (tertiary/aromatic N) is 1. The lowest BCUT2D eigenvalue weighted by Crippen LogP contribution is -2.38. The number of carbonyl (C=O) groups is 1. The van der Waals surface area contributed by atoms with E-state index in [0.29, 0.717) is 11.8 Å². The van der Waals surface area contributed by atoms with Crippen molar-refractivity contribution in [3.63, 3.8) is 0 Å². The molecule has 1 aliphatic heterocycles. The fraction of sp³-hybridized carbons (Fsp3) is 0.882. The topological polar surface area (TPSA) is 47.9 Å². The van der Waals surface area contributed by atoms with E-state index in [4.69, 9.17) is 14.5 Å². The molecule has 2 fully saturated rings. The molecule has 0 amide bonds. The molecular formula is C17H27NO3. The van der Waals surface area contributed by atoms with Gasteiger partial charge in [0, 0.05) is 5.92 Å². The number of rotatable bonds is 3. The molecule has 0 bridgehead atoms. The van der Waals surface area contributed by atoms with Gasteiger partial charge in [-0.25, -0.2) is 9.79 Å². The van der Waals surface area contributed by atoms with E-state index in [0.717, 1.165) is 18.7 Å². The summed E-state index contributed by atoms with van der Waals surface area (Å²) in [6.07, 6.45) is 11.8. The van der Waals surface area contributed by atoms with E-state index in [2.05, 4.69) is 0 Å². The number of hydrogen-bond donors (Lipinski definition) is 0. The zero-order valence-corrected chi connectivity index (χ0v) is 13.1. The van der Waals surface area contributed by atoms with Gasteiger partial charge in [-0.15, -0.1) is 0 Å². The molecule has 2 unspecified atom stereocenters. The number of esters is 1. The Morgan fingerprint density at radius 1 is 1.05 bits per heavy atom. The van der Waals surface area contributed by atoms with Gasteiger partial charge in [0.25, 0.3) is 0 Å². The molecule has 3 aliphatic rings. The quantitative estimate of drug-likeness (QED) is 0.748. The van der Waals surface area contributed by atoms with Crippen molar-refractivity contribution >= 4 is 11.9 Å². The fourth-order valence-corrected chi connectivity index (χ4v) is 4.13. The average molecular weight is 293 g/mol. The van der Waals surface area contributed by atoms with Crippen molar-refractivity contribution in [2.45, 2.75) is 76.4 Å². The summed E-state index contributed by atoms with van der Waals surface area (Å²) >= 11 is 0. The van der Waals surface area contributed by atoms with Crippen LogP contribution in [0.4, 0.5) is 0 Å². The van der Waals surface area contributed by atoms with Gasteiger partial charge in [-0.3, -0.25) is 0 Å². The lowest BCUT2D eigenvalue weighted by Gasteiger charge is -2.27. The zero-order chi connectivity index (χ0) is 14.7. The van der Waals surface area contributed by atoms with E-state index < -0.39 is 6.10 Å². The Bertz CT molecular complexity index is 395. The van der Waals surface area contributed by atoms with Gasteiger partial charge < -0.3 is 9.47 Å². The lowest BCUT2D eigenvalue weighted by molar-refractivity contribution is -0.150. The van der Waals surface area contributed by atoms with E-state index in [1.165, 1.54) is 58.5 Å². The van der Waals surface area contributed by atoms with Gasteiger partial charge in [0.05, 0.1) is 7.11 Å². The molecule has 4 heteroatoms. The summed E-state index contributed by atoms with van der Waals surface area (Å²) in [5.41, 5.74) is 0. The molecule has 118 valence electrons. The Balaban J connectivity index is 1.74. The Kier molecular flexibility index (Phi) is 4.81. The third kappa shape index (κ3) is 3.24. The molecule has 0 aromatic carbocycles. The molecule has 4 nitrogen and oxygen atoms in total. The molecule has 3 rings (SSSR count). The van der Waals surface area contributed by atoms with Gasteiger partial charge in [-0.05, 0) is 31.6 Å². The van der Waals surface area contributed by atoms with Gasteiger partial charge in [0.1, 0.15) is 6.04 Å². The Morgan fingerprint density at radius 3 is 2.29 bits per heavy atom. The smallest absolute Gasteiger partial charge is 0.349 e. The summed E-state index contributed by atoms with van der Waals surface area (Å²) in [4.78, 5) is 17.0. The van der Waals surface area contributed by atoms with E-state index in [9.17, 15) is 4.79 Å². The van der Waals surface area contributed by atoms with Gasteiger partial charge in [0.2, 0.25) is 6.10 Å². The van der Waals surface area contributed by atoms with Crippen molar-refractivity contribution in [1.82, 2.24) is 0 Å². The van der Waals surface area contributed by atoms with E-state index in [-0.39, 0.29) is 12.0 Å². The Hall–Kier alpha value is -1.06. The first kappa shape index (κ1) is 14.9. The maximum absolute atomic E-state index is 12.1. The number of hydrogen-bond acceptors (Lipinski definition) is 4. The number of carbonyl (C=O) groups excluding carboxylic acids is 1. The normalized spacial score (nSPS) is 31.6. The minimum Gasteiger partial charge on any atom is -0.466 e. The van der Waals surface area contributed by atoms with Crippen molar-refractivity contribution in [1.29, 1.82) is 0 Å². The summed E-state index contributed by atoms with van der Waals surface area (Å²) in [5, 5.41) is 0. The SMILES string of the molecule is COC(=O)C1OC(C2CCCCC2)=NC1C1CCCCC1. The molecule has 0 spiro atoms. The minimum absolute atomic E-state index is 0.00493. The van der Waals surface area contributed by atoms with Crippen molar-refractivity contribution in [3.05, 3.63) is 0 Å². The van der Waals surface area contributed by atoms with Crippen LogP contribution in [0.5, 0.6) is 0 Å². The van der Waals surface area contributed by atoms with Gasteiger partial charge in [-0.1, -0.05) is 38.5 Å². The van der Waals surface area contributed by atoms with Gasteiger partial charge in [-0.2, -0.15) is 0 Å². The molecule has 0 radical (unpaired) electrons. The monoisotopic (exact) mass is 293 g/mol. The van der Waals surface area contributed by atoms with Crippen LogP contribution in [0.2, 0.25) is 0 Å². The zero-order valence-electron chi connectivity index (χ0n) is 13.1. The van der Waals surface area contributed by atoms with Crippen molar-refractivity contribution in [2.75, 3.05) is 7.11 Å². The fourth-order valence-electron chi connectivity index (χ4n) is 4.13. The van der Waals surface area contributed by atoms with Gasteiger partial charge in [0.15, 0.2) is 5.90 Å². The minimum atomic E-state index is -0.491. The molecule has 0 saturated heterocycles. The van der Waals surface area contributed by atoms with Crippen LogP contribution in [-0.4, -0.2) is 31.1 Å². The predicted molar refractivity (Wildman–Crippen MR) is 81.3 cm³/mol. The highest BCUT2D eigenvalue weighted by Crippen LogP contribution is 2.36. The van der Waals surface area contributed by atoms with Crippen LogP contribution in [0.25, 0.3) is 0 Å². The van der Waals surface area contributed by atoms with Crippen LogP contribution in [0.3, 0.4) is 0 Å². The van der Waals surface area contributed by atoms with Crippen LogP contribution < -0.4 is 0 Å². The molecule has 0 aromatic rings. The summed E-state index contributed by atoms with van der Waals surface area (Å²) in [7, 11) is 1.45. The van der Waals surface area contributed by atoms with E-state index in [1.807, 2.05) is 0 Å². The van der Waals surface area contributed by atoms with E-state index >= 15 is 0 Å². The highest BCUT2D eigenvalue weighted by atomic mass is 16.6. The molecule has 2 aliphatic carbocycles. The van der Waals surface area contributed by atoms with Crippen LogP contribution in [-0.2, 0) is 14.3 Å². The first-order valence-corrected chi connectivity index (χ1v) is 8.62. The second-order valence-electron chi connectivity index (χ2n) is 6.75. The predicted octanol–water partition coefficient (Wildman–Crippen LogP) is 3.49. The second-order valence-corrected chi connectivity index (χ2v) is 6.75. The molecule has 1 heterocycles. The molecule has 0 N–H and O–H groups in total. The highest BCUT2D eigenvalue weighted by molar-refractivity contribution is 5.87. The summed E-state index contributed by atoms with van der Waals surface area (Å²) in [5.74, 6) is 1.52. The van der Waals surface area contributed by atoms with E-state index in [1.54, 1.807) is 0 Å². The van der Waals surface area contributed by atoms with Crippen LogP contribution in [0, 0.1) is 11.8 Å². The standard InChI is InChI=1S/C17H27NO3/c1-20-17(19)15-14(12-8-4-2-5-9-12)18-16(21-15)13-10-6-3-7-11-13/h12-15H,2-11H2,1H3. The molecule has 0 aromatic heterocycles. The van der Waals surface area contributed by atoms with Crippen molar-refractivity contribution in [2.24, 2.45) is 16.8 Å². The Labute approximate surface area is 127 Å². The number of aliphatic imine (C=N–C) groups is 1. The average Bonchev–Trinajstić information content (AvgIpc) is 3.01. The lowest BCUT2D eigenvalue weighted by atomic mass is 9.82. The second kappa shape index (κ2) is 6.80. The van der Waals surface area contributed by atoms with Crippen LogP contribution in [0.1, 0.15) is 64.2 Å². The van der Waals surface area contributed by atoms with Crippen molar-refractivity contribution < 1.29 is 14.3 Å². The van der Waals surface area contributed by atoms with Crippen LogP contribution >= 0.6 is 0 Å². The summed E-state index contributed by atoms with van der Waals surface area (Å²) in [6.45, 7) is 0. The molecule has 2 saturated carbocycles. The van der Waals surface area contributed by atoms with Crippen molar-refractivity contribution in [3.8, 4) is 0 Å². The molecular weight excluding hydrogens is 266 g/mol. The maximum Gasteiger partial charge on any atom is 0.349 e. The molecule has 2 atom stereocenters. The third-order valence-corrected chi connectivity index (χ3v) is 5.35.